The van der Waals surface area contributed by atoms with E-state index in [1.165, 1.54) is 0 Å². The maximum atomic E-state index is 13.1. The van der Waals surface area contributed by atoms with Crippen LogP contribution < -0.4 is 25.8 Å². The molecule has 3 aromatic rings. The maximum absolute atomic E-state index is 13.1. The third-order valence-electron chi connectivity index (χ3n) is 5.46. The highest BCUT2D eigenvalue weighted by Gasteiger charge is 2.30. The number of ether oxygens (including phenoxy) is 2. The lowest BCUT2D eigenvalue weighted by molar-refractivity contribution is -0.118. The van der Waals surface area contributed by atoms with Gasteiger partial charge in [0.15, 0.2) is 11.5 Å². The average Bonchev–Trinajstić information content (AvgIpc) is 3.15. The van der Waals surface area contributed by atoms with E-state index in [-0.39, 0.29) is 11.8 Å². The highest BCUT2D eigenvalue weighted by atomic mass is 16.5. The number of benzene rings is 3. The molecule has 0 spiro atoms. The molecule has 0 bridgehead atoms. The molecule has 0 saturated carbocycles. The lowest BCUT2D eigenvalue weighted by Gasteiger charge is -2.16. The number of methoxy groups -OCH3 is 2. The molecule has 7 heteroatoms. The number of carbonyl (C=O) groups excluding carboxylic acids is 2. The van der Waals surface area contributed by atoms with Crippen molar-refractivity contribution in [2.75, 3.05) is 24.9 Å². The Kier molecular flexibility index (Phi) is 6.31. The molecule has 1 aliphatic heterocycles. The summed E-state index contributed by atoms with van der Waals surface area (Å²) in [6.45, 7) is 0. The number of nitrogens with two attached hydrogens (primary N) is 1. The van der Waals surface area contributed by atoms with Gasteiger partial charge in [0.05, 0.1) is 31.2 Å². The molecule has 33 heavy (non-hydrogen) atoms. The average molecular weight is 444 g/mol. The fourth-order valence-corrected chi connectivity index (χ4v) is 3.80. The number of amides is 2. The van der Waals surface area contributed by atoms with E-state index in [1.54, 1.807) is 26.4 Å². The molecular formula is C26H25N3O4. The van der Waals surface area contributed by atoms with Gasteiger partial charge < -0.3 is 25.8 Å². The molecule has 0 aromatic heterocycles. The Morgan fingerprint density at radius 2 is 1.64 bits per heavy atom. The highest BCUT2D eigenvalue weighted by molar-refractivity contribution is 6.37. The zero-order chi connectivity index (χ0) is 23.4. The minimum Gasteiger partial charge on any atom is -0.493 e. The lowest BCUT2D eigenvalue weighted by atomic mass is 9.99. The third-order valence-corrected chi connectivity index (χ3v) is 5.46. The van der Waals surface area contributed by atoms with Gasteiger partial charge >= 0.3 is 0 Å². The van der Waals surface area contributed by atoms with Crippen LogP contribution in [0.15, 0.2) is 66.7 Å². The summed E-state index contributed by atoms with van der Waals surface area (Å²) in [5.74, 6) is 0.533. The Hall–Kier alpha value is -4.26. The molecule has 1 heterocycles. The van der Waals surface area contributed by atoms with E-state index in [2.05, 4.69) is 10.6 Å². The van der Waals surface area contributed by atoms with Crippen molar-refractivity contribution in [3.63, 3.8) is 0 Å². The second-order valence-corrected chi connectivity index (χ2v) is 7.61. The predicted molar refractivity (Wildman–Crippen MR) is 129 cm³/mol. The van der Waals surface area contributed by atoms with Crippen molar-refractivity contribution < 1.29 is 19.1 Å². The summed E-state index contributed by atoms with van der Waals surface area (Å²) < 4.78 is 10.8. The zero-order valence-corrected chi connectivity index (χ0v) is 18.5. The standard InChI is InChI=1S/C26H25N3O4/c1-32-21-14-19-20(15-22(21)33-2)29-26(31)24(19)25(17-6-4-3-5-7-17)28-18-11-8-16(9-12-18)10-13-23(27)30/h3-9,11-12,14-15,28H,10,13H2,1-2H3,(H2,27,30)(H,29,31). The first-order valence-electron chi connectivity index (χ1n) is 10.5. The molecule has 2 amide bonds. The lowest BCUT2D eigenvalue weighted by Crippen LogP contribution is -2.11. The molecule has 1 aliphatic rings. The van der Waals surface area contributed by atoms with Crippen LogP contribution >= 0.6 is 0 Å². The van der Waals surface area contributed by atoms with Crippen molar-refractivity contribution in [2.45, 2.75) is 12.8 Å². The Morgan fingerprint density at radius 3 is 2.27 bits per heavy atom. The van der Waals surface area contributed by atoms with Crippen molar-refractivity contribution >= 4 is 34.5 Å². The highest BCUT2D eigenvalue weighted by Crippen LogP contribution is 2.43. The Morgan fingerprint density at radius 1 is 0.970 bits per heavy atom. The van der Waals surface area contributed by atoms with Gasteiger partial charge in [0.1, 0.15) is 0 Å². The Balaban J connectivity index is 1.78. The molecule has 0 unspecified atom stereocenters. The fourth-order valence-electron chi connectivity index (χ4n) is 3.80. The molecule has 4 rings (SSSR count). The number of hydrogen-bond donors (Lipinski definition) is 3. The van der Waals surface area contributed by atoms with Gasteiger partial charge in [0.25, 0.3) is 5.91 Å². The summed E-state index contributed by atoms with van der Waals surface area (Å²) in [5.41, 5.74) is 10.5. The monoisotopic (exact) mass is 443 g/mol. The van der Waals surface area contributed by atoms with E-state index in [9.17, 15) is 9.59 Å². The predicted octanol–water partition coefficient (Wildman–Crippen LogP) is 4.05. The normalized spacial score (nSPS) is 13.7. The summed E-state index contributed by atoms with van der Waals surface area (Å²) in [4.78, 5) is 24.2. The van der Waals surface area contributed by atoms with Crippen molar-refractivity contribution in [1.82, 2.24) is 0 Å². The van der Waals surface area contributed by atoms with Gasteiger partial charge in [-0.2, -0.15) is 0 Å². The van der Waals surface area contributed by atoms with Crippen LogP contribution in [0.4, 0.5) is 11.4 Å². The van der Waals surface area contributed by atoms with Crippen LogP contribution in [-0.4, -0.2) is 26.0 Å². The van der Waals surface area contributed by atoms with Crippen molar-refractivity contribution in [1.29, 1.82) is 0 Å². The molecule has 0 atom stereocenters. The number of hydrogen-bond acceptors (Lipinski definition) is 5. The number of anilines is 2. The van der Waals surface area contributed by atoms with Crippen LogP contribution in [0.2, 0.25) is 0 Å². The quantitative estimate of drug-likeness (QED) is 0.456. The molecular weight excluding hydrogens is 418 g/mol. The molecule has 0 aliphatic carbocycles. The van der Waals surface area contributed by atoms with Gasteiger partial charge in [-0.3, -0.25) is 9.59 Å². The largest absolute Gasteiger partial charge is 0.493 e. The molecule has 3 aromatic carbocycles. The van der Waals surface area contributed by atoms with Gasteiger partial charge in [-0.1, -0.05) is 42.5 Å². The van der Waals surface area contributed by atoms with Gasteiger partial charge in [-0.25, -0.2) is 0 Å². The van der Waals surface area contributed by atoms with E-state index in [0.29, 0.717) is 41.3 Å². The first-order valence-corrected chi connectivity index (χ1v) is 10.5. The summed E-state index contributed by atoms with van der Waals surface area (Å²) in [6, 6.07) is 20.9. The van der Waals surface area contributed by atoms with E-state index < -0.39 is 0 Å². The number of fused-ring (bicyclic) bond motifs is 1. The number of rotatable bonds is 8. The molecule has 0 fully saturated rings. The Labute approximate surface area is 192 Å². The third kappa shape index (κ3) is 4.67. The minimum absolute atomic E-state index is 0.218. The molecule has 168 valence electrons. The summed E-state index contributed by atoms with van der Waals surface area (Å²) >= 11 is 0. The van der Waals surface area contributed by atoms with Crippen molar-refractivity contribution in [3.8, 4) is 11.5 Å². The SMILES string of the molecule is COc1cc2c(cc1OC)C(=C(Nc1ccc(CCC(N)=O)cc1)c1ccccc1)C(=O)N2. The van der Waals surface area contributed by atoms with Gasteiger partial charge in [-0.15, -0.1) is 0 Å². The molecule has 7 nitrogen and oxygen atoms in total. The van der Waals surface area contributed by atoms with Gasteiger partial charge in [0, 0.05) is 23.7 Å². The van der Waals surface area contributed by atoms with Crippen LogP contribution in [0.3, 0.4) is 0 Å². The summed E-state index contributed by atoms with van der Waals surface area (Å²) in [6.07, 6.45) is 0.883. The van der Waals surface area contributed by atoms with E-state index in [1.807, 2.05) is 54.6 Å². The van der Waals surface area contributed by atoms with Crippen molar-refractivity contribution in [3.05, 3.63) is 83.4 Å². The first-order chi connectivity index (χ1) is 16.0. The van der Waals surface area contributed by atoms with E-state index >= 15 is 0 Å². The topological polar surface area (TPSA) is 103 Å². The number of nitrogens with one attached hydrogen (secondary N) is 2. The maximum Gasteiger partial charge on any atom is 0.258 e. The number of primary amides is 1. The number of aryl methyl sites for hydroxylation is 1. The second-order valence-electron chi connectivity index (χ2n) is 7.61. The summed E-state index contributed by atoms with van der Waals surface area (Å²) in [5, 5.41) is 6.35. The van der Waals surface area contributed by atoms with Crippen LogP contribution in [0.5, 0.6) is 11.5 Å². The van der Waals surface area contributed by atoms with Crippen LogP contribution in [0.25, 0.3) is 11.3 Å². The zero-order valence-electron chi connectivity index (χ0n) is 18.5. The minimum atomic E-state index is -0.328. The number of carbonyl (C=O) groups is 2. The van der Waals surface area contributed by atoms with E-state index in [4.69, 9.17) is 15.2 Å². The van der Waals surface area contributed by atoms with Crippen molar-refractivity contribution in [2.24, 2.45) is 5.73 Å². The van der Waals surface area contributed by atoms with Crippen LogP contribution in [0, 0.1) is 0 Å². The first kappa shape index (κ1) is 22.0. The Bertz CT molecular complexity index is 1220. The molecule has 4 N–H and O–H groups in total. The van der Waals surface area contributed by atoms with Gasteiger partial charge in [-0.05, 0) is 35.7 Å². The second kappa shape index (κ2) is 9.48. The molecule has 0 saturated heterocycles. The van der Waals surface area contributed by atoms with Gasteiger partial charge in [0.2, 0.25) is 5.91 Å². The van der Waals surface area contributed by atoms with E-state index in [0.717, 1.165) is 22.4 Å². The summed E-state index contributed by atoms with van der Waals surface area (Å²) in [7, 11) is 3.12. The molecule has 0 radical (unpaired) electrons. The fraction of sp³-hybridized carbons (Fsp3) is 0.154. The van der Waals surface area contributed by atoms with Crippen LogP contribution in [-0.2, 0) is 16.0 Å². The smallest absolute Gasteiger partial charge is 0.258 e. The van der Waals surface area contributed by atoms with Crippen LogP contribution in [0.1, 0.15) is 23.1 Å².